The van der Waals surface area contributed by atoms with E-state index in [2.05, 4.69) is 10.1 Å². The van der Waals surface area contributed by atoms with E-state index in [1.54, 1.807) is 14.2 Å². The molecular weight excluding hydrogens is 258 g/mol. The van der Waals surface area contributed by atoms with Gasteiger partial charge in [0.05, 0.1) is 13.7 Å². The predicted molar refractivity (Wildman–Crippen MR) is 74.6 cm³/mol. The van der Waals surface area contributed by atoms with E-state index in [1.807, 2.05) is 25.1 Å². The van der Waals surface area contributed by atoms with Gasteiger partial charge < -0.3 is 19.7 Å². The standard InChI is InChI=1S/C14H19N3O3/c1-9-6-10(4-5-12(9)19-3)14-16-13(20-17-14)7-11(15)8-18-2/h4-6,11H,7-8,15H2,1-3H3. The summed E-state index contributed by atoms with van der Waals surface area (Å²) in [6.07, 6.45) is 0.496. The molecule has 1 aromatic heterocycles. The third kappa shape index (κ3) is 3.34. The molecule has 0 bridgehead atoms. The zero-order valence-electron chi connectivity index (χ0n) is 11.9. The topological polar surface area (TPSA) is 83.4 Å². The van der Waals surface area contributed by atoms with Crippen LogP contribution in [-0.4, -0.2) is 37.0 Å². The summed E-state index contributed by atoms with van der Waals surface area (Å²) in [5.74, 6) is 1.90. The summed E-state index contributed by atoms with van der Waals surface area (Å²) in [5.41, 5.74) is 7.77. The Balaban J connectivity index is 2.14. The van der Waals surface area contributed by atoms with Crippen LogP contribution in [0.25, 0.3) is 11.4 Å². The summed E-state index contributed by atoms with van der Waals surface area (Å²) < 4.78 is 15.4. The van der Waals surface area contributed by atoms with Gasteiger partial charge in [0.15, 0.2) is 0 Å². The molecule has 0 aliphatic rings. The van der Waals surface area contributed by atoms with E-state index in [9.17, 15) is 0 Å². The molecule has 6 nitrogen and oxygen atoms in total. The quantitative estimate of drug-likeness (QED) is 0.863. The normalized spacial score (nSPS) is 12.4. The fraction of sp³-hybridized carbons (Fsp3) is 0.429. The molecule has 2 N–H and O–H groups in total. The third-order valence-electron chi connectivity index (χ3n) is 2.94. The molecule has 1 unspecified atom stereocenters. The third-order valence-corrected chi connectivity index (χ3v) is 2.94. The van der Waals surface area contributed by atoms with E-state index in [-0.39, 0.29) is 6.04 Å². The lowest BCUT2D eigenvalue weighted by molar-refractivity contribution is 0.176. The van der Waals surface area contributed by atoms with Gasteiger partial charge in [0.1, 0.15) is 5.75 Å². The van der Waals surface area contributed by atoms with Crippen LogP contribution < -0.4 is 10.5 Å². The van der Waals surface area contributed by atoms with Gasteiger partial charge in [0, 0.05) is 25.1 Å². The number of hydrogen-bond acceptors (Lipinski definition) is 6. The summed E-state index contributed by atoms with van der Waals surface area (Å²) in [6.45, 7) is 2.43. The molecule has 0 fully saturated rings. The molecule has 1 atom stereocenters. The van der Waals surface area contributed by atoms with Crippen LogP contribution in [0.1, 0.15) is 11.5 Å². The van der Waals surface area contributed by atoms with E-state index in [4.69, 9.17) is 19.7 Å². The van der Waals surface area contributed by atoms with Crippen molar-refractivity contribution in [3.63, 3.8) is 0 Å². The Labute approximate surface area is 117 Å². The minimum atomic E-state index is -0.147. The molecule has 1 aromatic carbocycles. The average molecular weight is 277 g/mol. The smallest absolute Gasteiger partial charge is 0.228 e. The Hall–Kier alpha value is -1.92. The second kappa shape index (κ2) is 6.49. The van der Waals surface area contributed by atoms with Crippen molar-refractivity contribution < 1.29 is 14.0 Å². The highest BCUT2D eigenvalue weighted by Gasteiger charge is 2.13. The number of ether oxygens (including phenoxy) is 2. The Kier molecular flexibility index (Phi) is 4.70. The molecule has 0 radical (unpaired) electrons. The van der Waals surface area contributed by atoms with Gasteiger partial charge >= 0.3 is 0 Å². The second-order valence-electron chi connectivity index (χ2n) is 4.62. The first-order valence-corrected chi connectivity index (χ1v) is 6.36. The number of aromatic nitrogens is 2. The SMILES string of the molecule is COCC(N)Cc1nc(-c2ccc(OC)c(C)c2)no1. The maximum atomic E-state index is 5.86. The predicted octanol–water partition coefficient (Wildman–Crippen LogP) is 1.57. The van der Waals surface area contributed by atoms with E-state index in [0.717, 1.165) is 16.9 Å². The minimum Gasteiger partial charge on any atom is -0.496 e. The van der Waals surface area contributed by atoms with Crippen molar-refractivity contribution in [2.45, 2.75) is 19.4 Å². The molecule has 0 aliphatic carbocycles. The number of nitrogens with zero attached hydrogens (tertiary/aromatic N) is 2. The van der Waals surface area contributed by atoms with Crippen molar-refractivity contribution in [3.05, 3.63) is 29.7 Å². The highest BCUT2D eigenvalue weighted by Crippen LogP contribution is 2.24. The molecule has 1 heterocycles. The lowest BCUT2D eigenvalue weighted by Gasteiger charge is -2.06. The fourth-order valence-corrected chi connectivity index (χ4v) is 1.97. The van der Waals surface area contributed by atoms with Gasteiger partial charge in [-0.3, -0.25) is 0 Å². The molecule has 0 spiro atoms. The number of nitrogens with two attached hydrogens (primary N) is 1. The van der Waals surface area contributed by atoms with Crippen molar-refractivity contribution >= 4 is 0 Å². The van der Waals surface area contributed by atoms with Crippen LogP contribution in [0.15, 0.2) is 22.7 Å². The van der Waals surface area contributed by atoms with Crippen LogP contribution in [0.3, 0.4) is 0 Å². The molecule has 108 valence electrons. The van der Waals surface area contributed by atoms with Gasteiger partial charge in [0.2, 0.25) is 11.7 Å². The maximum absolute atomic E-state index is 5.86. The first-order valence-electron chi connectivity index (χ1n) is 6.36. The van der Waals surface area contributed by atoms with Crippen LogP contribution in [-0.2, 0) is 11.2 Å². The summed E-state index contributed by atoms with van der Waals surface area (Å²) >= 11 is 0. The molecule has 0 saturated carbocycles. The van der Waals surface area contributed by atoms with Gasteiger partial charge in [0.25, 0.3) is 0 Å². The van der Waals surface area contributed by atoms with Crippen molar-refractivity contribution in [1.82, 2.24) is 10.1 Å². The Morgan fingerprint density at radius 2 is 2.15 bits per heavy atom. The highest BCUT2D eigenvalue weighted by atomic mass is 16.5. The summed E-state index contributed by atoms with van der Waals surface area (Å²) in [6, 6.07) is 5.60. The van der Waals surface area contributed by atoms with Crippen molar-refractivity contribution in [2.75, 3.05) is 20.8 Å². The van der Waals surface area contributed by atoms with Crippen LogP contribution in [0, 0.1) is 6.92 Å². The first-order chi connectivity index (χ1) is 9.63. The maximum Gasteiger partial charge on any atom is 0.228 e. The Bertz CT molecular complexity index is 569. The number of rotatable bonds is 6. The molecule has 6 heteroatoms. The van der Waals surface area contributed by atoms with E-state index in [0.29, 0.717) is 24.7 Å². The molecular formula is C14H19N3O3. The van der Waals surface area contributed by atoms with Crippen LogP contribution in [0.4, 0.5) is 0 Å². The summed E-state index contributed by atoms with van der Waals surface area (Å²) in [7, 11) is 3.25. The van der Waals surface area contributed by atoms with Gasteiger partial charge in [-0.25, -0.2) is 0 Å². The largest absolute Gasteiger partial charge is 0.496 e. The van der Waals surface area contributed by atoms with Crippen LogP contribution >= 0.6 is 0 Å². The number of hydrogen-bond donors (Lipinski definition) is 1. The molecule has 20 heavy (non-hydrogen) atoms. The summed E-state index contributed by atoms with van der Waals surface area (Å²) in [4.78, 5) is 4.35. The van der Waals surface area contributed by atoms with E-state index in [1.165, 1.54) is 0 Å². The Morgan fingerprint density at radius 1 is 1.35 bits per heavy atom. The Morgan fingerprint density at radius 3 is 2.80 bits per heavy atom. The number of methoxy groups -OCH3 is 2. The lowest BCUT2D eigenvalue weighted by Crippen LogP contribution is -2.28. The lowest BCUT2D eigenvalue weighted by atomic mass is 10.1. The highest BCUT2D eigenvalue weighted by molar-refractivity contribution is 5.58. The van der Waals surface area contributed by atoms with Crippen molar-refractivity contribution in [2.24, 2.45) is 5.73 Å². The molecule has 0 amide bonds. The molecule has 0 saturated heterocycles. The number of benzene rings is 1. The van der Waals surface area contributed by atoms with Gasteiger partial charge in [-0.1, -0.05) is 5.16 Å². The van der Waals surface area contributed by atoms with E-state index < -0.39 is 0 Å². The number of aryl methyl sites for hydroxylation is 1. The first kappa shape index (κ1) is 14.5. The van der Waals surface area contributed by atoms with Gasteiger partial charge in [-0.2, -0.15) is 4.98 Å². The van der Waals surface area contributed by atoms with Crippen molar-refractivity contribution in [1.29, 1.82) is 0 Å². The zero-order valence-corrected chi connectivity index (χ0v) is 11.9. The van der Waals surface area contributed by atoms with E-state index >= 15 is 0 Å². The molecule has 2 rings (SSSR count). The molecule has 0 aliphatic heterocycles. The molecule has 2 aromatic rings. The summed E-state index contributed by atoms with van der Waals surface area (Å²) in [5, 5.41) is 3.97. The minimum absolute atomic E-state index is 0.147. The zero-order chi connectivity index (χ0) is 14.5. The monoisotopic (exact) mass is 277 g/mol. The van der Waals surface area contributed by atoms with Gasteiger partial charge in [-0.15, -0.1) is 0 Å². The fourth-order valence-electron chi connectivity index (χ4n) is 1.97. The average Bonchev–Trinajstić information content (AvgIpc) is 2.87. The van der Waals surface area contributed by atoms with Crippen molar-refractivity contribution in [3.8, 4) is 17.1 Å². The van der Waals surface area contributed by atoms with Gasteiger partial charge in [-0.05, 0) is 30.7 Å². The van der Waals surface area contributed by atoms with Crippen LogP contribution in [0.2, 0.25) is 0 Å². The van der Waals surface area contributed by atoms with Crippen LogP contribution in [0.5, 0.6) is 5.75 Å². The second-order valence-corrected chi connectivity index (χ2v) is 4.62.